The number of hydrogen-bond acceptors (Lipinski definition) is 1. The summed E-state index contributed by atoms with van der Waals surface area (Å²) in [6.45, 7) is 10.9. The van der Waals surface area contributed by atoms with E-state index in [1.165, 1.54) is 6.08 Å². The lowest BCUT2D eigenvalue weighted by Crippen LogP contribution is -1.93. The molecule has 14 heavy (non-hydrogen) atoms. The van der Waals surface area contributed by atoms with Crippen LogP contribution >= 0.6 is 0 Å². The Labute approximate surface area is 85.8 Å². The highest BCUT2D eigenvalue weighted by atomic mass is 16.1. The molecule has 0 atom stereocenters. The van der Waals surface area contributed by atoms with Crippen molar-refractivity contribution in [1.29, 1.82) is 0 Å². The Kier molecular flexibility index (Phi) is 6.04. The van der Waals surface area contributed by atoms with Crippen LogP contribution in [-0.4, -0.2) is 5.78 Å². The summed E-state index contributed by atoms with van der Waals surface area (Å²) in [7, 11) is 0. The van der Waals surface area contributed by atoms with E-state index < -0.39 is 0 Å². The zero-order chi connectivity index (χ0) is 11.0. The van der Waals surface area contributed by atoms with Crippen molar-refractivity contribution in [2.24, 2.45) is 0 Å². The Balaban J connectivity index is 4.39. The predicted octanol–water partition coefficient (Wildman–Crippen LogP) is 3.38. The van der Waals surface area contributed by atoms with Crippen molar-refractivity contribution < 1.29 is 4.79 Å². The van der Waals surface area contributed by atoms with Gasteiger partial charge in [-0.15, -0.1) is 0 Å². The van der Waals surface area contributed by atoms with E-state index in [0.717, 1.165) is 5.57 Å². The van der Waals surface area contributed by atoms with Gasteiger partial charge in [0, 0.05) is 0 Å². The van der Waals surface area contributed by atoms with E-state index in [4.69, 9.17) is 0 Å². The molecule has 1 nitrogen and oxygen atoms in total. The minimum Gasteiger partial charge on any atom is -0.290 e. The van der Waals surface area contributed by atoms with Crippen LogP contribution in [0, 0.1) is 0 Å². The van der Waals surface area contributed by atoms with E-state index in [-0.39, 0.29) is 5.78 Å². The molecule has 1 heteroatoms. The van der Waals surface area contributed by atoms with Crippen LogP contribution in [0.4, 0.5) is 0 Å². The molecule has 0 bridgehead atoms. The lowest BCUT2D eigenvalue weighted by Gasteiger charge is -1.92. The van der Waals surface area contributed by atoms with Crippen LogP contribution in [0.3, 0.4) is 0 Å². The SMILES string of the molecule is C=CC=C(C)C(=O)C=CC(=C)C=CC. The van der Waals surface area contributed by atoms with Crippen molar-refractivity contribution in [1.82, 2.24) is 0 Å². The summed E-state index contributed by atoms with van der Waals surface area (Å²) < 4.78 is 0. The second-order valence-electron chi connectivity index (χ2n) is 2.86. The molecule has 0 N–H and O–H groups in total. The van der Waals surface area contributed by atoms with Crippen LogP contribution in [-0.2, 0) is 4.79 Å². The molecule has 0 aliphatic heterocycles. The summed E-state index contributed by atoms with van der Waals surface area (Å²) in [4.78, 5) is 11.4. The topological polar surface area (TPSA) is 17.1 Å². The van der Waals surface area contributed by atoms with Crippen molar-refractivity contribution in [3.05, 3.63) is 60.8 Å². The molecule has 0 radical (unpaired) electrons. The third-order valence-corrected chi connectivity index (χ3v) is 1.59. The molecular weight excluding hydrogens is 172 g/mol. The van der Waals surface area contributed by atoms with Crippen LogP contribution in [0.15, 0.2) is 60.8 Å². The van der Waals surface area contributed by atoms with Gasteiger partial charge < -0.3 is 0 Å². The molecule has 0 amide bonds. The molecule has 0 aromatic rings. The van der Waals surface area contributed by atoms with Gasteiger partial charge in [0.05, 0.1) is 0 Å². The molecule has 0 rings (SSSR count). The van der Waals surface area contributed by atoms with Gasteiger partial charge in [0.25, 0.3) is 0 Å². The summed E-state index contributed by atoms with van der Waals surface area (Å²) in [5, 5.41) is 0. The molecule has 0 heterocycles. The monoisotopic (exact) mass is 188 g/mol. The number of carbonyl (C=O) groups excluding carboxylic acids is 1. The third kappa shape index (κ3) is 5.09. The fourth-order valence-electron chi connectivity index (χ4n) is 0.843. The van der Waals surface area contributed by atoms with Gasteiger partial charge in [0.1, 0.15) is 0 Å². The quantitative estimate of drug-likeness (QED) is 0.477. The Hall–Kier alpha value is -1.63. The second-order valence-corrected chi connectivity index (χ2v) is 2.86. The van der Waals surface area contributed by atoms with Gasteiger partial charge >= 0.3 is 0 Å². The molecule has 0 aliphatic rings. The lowest BCUT2D eigenvalue weighted by atomic mass is 10.1. The maximum absolute atomic E-state index is 11.4. The summed E-state index contributed by atoms with van der Waals surface area (Å²) in [5.41, 5.74) is 1.48. The average Bonchev–Trinajstić information content (AvgIpc) is 2.15. The van der Waals surface area contributed by atoms with Gasteiger partial charge in [0.2, 0.25) is 0 Å². The molecule has 0 fully saturated rings. The second kappa shape index (κ2) is 6.84. The summed E-state index contributed by atoms with van der Waals surface area (Å²) in [5.74, 6) is -0.0180. The Morgan fingerprint density at radius 3 is 2.36 bits per heavy atom. The van der Waals surface area contributed by atoms with Crippen molar-refractivity contribution in [3.63, 3.8) is 0 Å². The molecule has 0 spiro atoms. The first-order chi connectivity index (χ1) is 6.61. The minimum atomic E-state index is -0.0180. The highest BCUT2D eigenvalue weighted by Crippen LogP contribution is 2.00. The number of ketones is 1. The highest BCUT2D eigenvalue weighted by molar-refractivity contribution is 6.03. The molecule has 0 aliphatic carbocycles. The number of hydrogen-bond donors (Lipinski definition) is 0. The third-order valence-electron chi connectivity index (χ3n) is 1.59. The average molecular weight is 188 g/mol. The van der Waals surface area contributed by atoms with Crippen LogP contribution < -0.4 is 0 Å². The lowest BCUT2D eigenvalue weighted by molar-refractivity contribution is -0.111. The van der Waals surface area contributed by atoms with E-state index in [2.05, 4.69) is 13.2 Å². The fraction of sp³-hybridized carbons (Fsp3) is 0.154. The van der Waals surface area contributed by atoms with Crippen LogP contribution in [0.1, 0.15) is 13.8 Å². The normalized spacial score (nSPS) is 12.3. The van der Waals surface area contributed by atoms with Crippen LogP contribution in [0.5, 0.6) is 0 Å². The number of rotatable bonds is 5. The Bertz CT molecular complexity index is 314. The first-order valence-electron chi connectivity index (χ1n) is 4.45. The fourth-order valence-corrected chi connectivity index (χ4v) is 0.843. The van der Waals surface area contributed by atoms with Crippen molar-refractivity contribution in [2.75, 3.05) is 0 Å². The number of allylic oxidation sites excluding steroid dienone is 8. The standard InChI is InChI=1S/C13H16O/c1-5-7-11(3)9-10-13(14)12(4)8-6-2/h5-10H,2-3H2,1,4H3. The molecule has 0 unspecified atom stereocenters. The zero-order valence-electron chi connectivity index (χ0n) is 8.79. The molecule has 0 aromatic heterocycles. The Morgan fingerprint density at radius 1 is 1.21 bits per heavy atom. The van der Waals surface area contributed by atoms with Gasteiger partial charge in [0.15, 0.2) is 5.78 Å². The van der Waals surface area contributed by atoms with Crippen LogP contribution in [0.2, 0.25) is 0 Å². The molecule has 0 saturated heterocycles. The summed E-state index contributed by atoms with van der Waals surface area (Å²) in [6, 6.07) is 0. The predicted molar refractivity (Wildman–Crippen MR) is 62.1 cm³/mol. The van der Waals surface area contributed by atoms with Crippen molar-refractivity contribution in [2.45, 2.75) is 13.8 Å². The summed E-state index contributed by atoms with van der Waals surface area (Å²) >= 11 is 0. The molecule has 74 valence electrons. The first-order valence-corrected chi connectivity index (χ1v) is 4.45. The number of carbonyl (C=O) groups is 1. The smallest absolute Gasteiger partial charge is 0.181 e. The van der Waals surface area contributed by atoms with E-state index in [0.29, 0.717) is 5.57 Å². The molecular formula is C13H16O. The largest absolute Gasteiger partial charge is 0.290 e. The zero-order valence-corrected chi connectivity index (χ0v) is 8.79. The van der Waals surface area contributed by atoms with Gasteiger partial charge in [-0.05, 0) is 31.1 Å². The van der Waals surface area contributed by atoms with E-state index in [1.807, 2.05) is 19.1 Å². The van der Waals surface area contributed by atoms with Gasteiger partial charge in [-0.25, -0.2) is 0 Å². The molecule has 0 saturated carbocycles. The van der Waals surface area contributed by atoms with E-state index >= 15 is 0 Å². The highest BCUT2D eigenvalue weighted by Gasteiger charge is 1.96. The summed E-state index contributed by atoms with van der Waals surface area (Å²) in [6.07, 6.45) is 10.2. The molecule has 0 aromatic carbocycles. The first kappa shape index (κ1) is 12.4. The van der Waals surface area contributed by atoms with Crippen LogP contribution in [0.25, 0.3) is 0 Å². The van der Waals surface area contributed by atoms with Crippen molar-refractivity contribution in [3.8, 4) is 0 Å². The maximum Gasteiger partial charge on any atom is 0.181 e. The van der Waals surface area contributed by atoms with E-state index in [9.17, 15) is 4.79 Å². The van der Waals surface area contributed by atoms with Crippen molar-refractivity contribution >= 4 is 5.78 Å². The minimum absolute atomic E-state index is 0.0180. The maximum atomic E-state index is 11.4. The Morgan fingerprint density at radius 2 is 1.86 bits per heavy atom. The van der Waals surface area contributed by atoms with Gasteiger partial charge in [-0.2, -0.15) is 0 Å². The van der Waals surface area contributed by atoms with E-state index in [1.54, 1.807) is 25.2 Å². The van der Waals surface area contributed by atoms with Gasteiger partial charge in [-0.1, -0.05) is 43.5 Å². The van der Waals surface area contributed by atoms with Gasteiger partial charge in [-0.3, -0.25) is 4.79 Å².